The fraction of sp³-hybridized carbons (Fsp3) is 0.524. The van der Waals surface area contributed by atoms with E-state index in [4.69, 9.17) is 14.2 Å². The van der Waals surface area contributed by atoms with Crippen LogP contribution in [0.5, 0.6) is 5.75 Å². The highest BCUT2D eigenvalue weighted by molar-refractivity contribution is 8.15. The number of aliphatic imine (C=N–C) groups is 1. The molecule has 0 aliphatic carbocycles. The standard InChI is InChI=1S/C21H27N3O5S2/c1-21(2,3)29-20(26)22-8-5-9-28-14-6-7-15-16(11-14)31-19(24-15)18-23-13(12-30-18)10-17(25)27-4/h6-7,11,13H,5,8-10,12H2,1-4H3,(H,22,26)/t13-/m0/s1. The topological polar surface area (TPSA) is 99.1 Å². The summed E-state index contributed by atoms with van der Waals surface area (Å²) in [6, 6.07) is 5.71. The van der Waals surface area contributed by atoms with Crippen molar-refractivity contribution in [1.82, 2.24) is 10.3 Å². The van der Waals surface area contributed by atoms with Crippen molar-refractivity contribution >= 4 is 50.4 Å². The number of fused-ring (bicyclic) bond motifs is 1. The molecule has 8 nitrogen and oxygen atoms in total. The van der Waals surface area contributed by atoms with E-state index < -0.39 is 11.7 Å². The third-order valence-electron chi connectivity index (χ3n) is 4.14. The van der Waals surface area contributed by atoms with Crippen LogP contribution in [0.15, 0.2) is 23.2 Å². The van der Waals surface area contributed by atoms with Gasteiger partial charge in [-0.3, -0.25) is 9.79 Å². The Morgan fingerprint density at radius 3 is 2.84 bits per heavy atom. The molecule has 0 bridgehead atoms. The number of amides is 1. The van der Waals surface area contributed by atoms with E-state index in [9.17, 15) is 9.59 Å². The molecule has 2 heterocycles. The number of thiazole rings is 1. The van der Waals surface area contributed by atoms with Crippen molar-refractivity contribution in [1.29, 1.82) is 0 Å². The normalized spacial score (nSPS) is 16.1. The van der Waals surface area contributed by atoms with Crippen LogP contribution in [0.1, 0.15) is 38.6 Å². The van der Waals surface area contributed by atoms with Gasteiger partial charge in [0.2, 0.25) is 0 Å². The zero-order chi connectivity index (χ0) is 22.4. The number of carbonyl (C=O) groups is 2. The molecule has 0 saturated heterocycles. The highest BCUT2D eigenvalue weighted by Crippen LogP contribution is 2.32. The zero-order valence-corrected chi connectivity index (χ0v) is 19.7. The largest absolute Gasteiger partial charge is 0.493 e. The van der Waals surface area contributed by atoms with Crippen LogP contribution in [0.25, 0.3) is 10.2 Å². The average Bonchev–Trinajstić information content (AvgIpc) is 3.32. The van der Waals surface area contributed by atoms with Gasteiger partial charge >= 0.3 is 12.1 Å². The van der Waals surface area contributed by atoms with Crippen molar-refractivity contribution in [2.75, 3.05) is 26.0 Å². The Bertz CT molecular complexity index is 968. The fourth-order valence-electron chi connectivity index (χ4n) is 2.77. The summed E-state index contributed by atoms with van der Waals surface area (Å²) in [7, 11) is 1.39. The van der Waals surface area contributed by atoms with Crippen molar-refractivity contribution < 1.29 is 23.8 Å². The van der Waals surface area contributed by atoms with E-state index in [-0.39, 0.29) is 12.0 Å². The molecule has 1 amide bonds. The Hall–Kier alpha value is -2.33. The molecule has 1 atom stereocenters. The van der Waals surface area contributed by atoms with E-state index in [0.717, 1.165) is 31.8 Å². The van der Waals surface area contributed by atoms with E-state index in [1.807, 2.05) is 39.0 Å². The van der Waals surface area contributed by atoms with Crippen LogP contribution < -0.4 is 10.1 Å². The van der Waals surface area contributed by atoms with Gasteiger partial charge in [0.15, 0.2) is 0 Å². The molecular weight excluding hydrogens is 438 g/mol. The highest BCUT2D eigenvalue weighted by Gasteiger charge is 2.24. The Balaban J connectivity index is 1.50. The number of carbonyl (C=O) groups excluding carboxylic acids is 2. The number of nitrogens with one attached hydrogen (secondary N) is 1. The van der Waals surface area contributed by atoms with Gasteiger partial charge in [-0.2, -0.15) is 0 Å². The van der Waals surface area contributed by atoms with Crippen molar-refractivity contribution in [3.8, 4) is 5.75 Å². The minimum absolute atomic E-state index is 0.0624. The molecule has 1 aromatic carbocycles. The summed E-state index contributed by atoms with van der Waals surface area (Å²) in [4.78, 5) is 32.4. The van der Waals surface area contributed by atoms with Crippen LogP contribution in [0.2, 0.25) is 0 Å². The van der Waals surface area contributed by atoms with Gasteiger partial charge in [0.05, 0.1) is 36.4 Å². The summed E-state index contributed by atoms with van der Waals surface area (Å²) in [6.07, 6.45) is 0.534. The summed E-state index contributed by atoms with van der Waals surface area (Å²) in [5, 5.41) is 4.43. The maximum absolute atomic E-state index is 11.6. The Labute approximate surface area is 189 Å². The lowest BCUT2D eigenvalue weighted by Crippen LogP contribution is -2.33. The zero-order valence-electron chi connectivity index (χ0n) is 18.1. The maximum atomic E-state index is 11.6. The number of methoxy groups -OCH3 is 1. The molecule has 0 fully saturated rings. The quantitative estimate of drug-likeness (QED) is 0.464. The predicted molar refractivity (Wildman–Crippen MR) is 123 cm³/mol. The highest BCUT2D eigenvalue weighted by atomic mass is 32.2. The molecule has 0 radical (unpaired) electrons. The molecule has 10 heteroatoms. The molecule has 3 rings (SSSR count). The van der Waals surface area contributed by atoms with Crippen LogP contribution in [-0.2, 0) is 14.3 Å². The van der Waals surface area contributed by atoms with Crippen molar-refractivity contribution in [2.24, 2.45) is 4.99 Å². The first kappa shape index (κ1) is 23.3. The van der Waals surface area contributed by atoms with Crippen molar-refractivity contribution in [3.05, 3.63) is 23.2 Å². The second kappa shape index (κ2) is 10.3. The smallest absolute Gasteiger partial charge is 0.407 e. The third-order valence-corrected chi connectivity index (χ3v) is 6.42. The molecule has 1 N–H and O–H groups in total. The van der Waals surface area contributed by atoms with Gasteiger partial charge in [-0.15, -0.1) is 23.1 Å². The first-order valence-corrected chi connectivity index (χ1v) is 11.8. The van der Waals surface area contributed by atoms with Gasteiger partial charge in [-0.25, -0.2) is 9.78 Å². The number of hydrogen-bond acceptors (Lipinski definition) is 9. The van der Waals surface area contributed by atoms with E-state index in [1.165, 1.54) is 7.11 Å². The molecule has 0 spiro atoms. The van der Waals surface area contributed by atoms with Crippen molar-refractivity contribution in [3.63, 3.8) is 0 Å². The number of alkyl carbamates (subject to hydrolysis) is 1. The Morgan fingerprint density at radius 2 is 2.10 bits per heavy atom. The number of aromatic nitrogens is 1. The fourth-order valence-corrected chi connectivity index (χ4v) is 4.89. The van der Waals surface area contributed by atoms with Gasteiger partial charge in [0.1, 0.15) is 21.4 Å². The van der Waals surface area contributed by atoms with Crippen LogP contribution in [0.4, 0.5) is 4.79 Å². The molecule has 1 aromatic heterocycles. The number of nitrogens with zero attached hydrogens (tertiary/aromatic N) is 2. The average molecular weight is 466 g/mol. The minimum Gasteiger partial charge on any atom is -0.493 e. The Morgan fingerprint density at radius 1 is 1.29 bits per heavy atom. The summed E-state index contributed by atoms with van der Waals surface area (Å²) in [5.41, 5.74) is 0.382. The van der Waals surface area contributed by atoms with E-state index in [2.05, 4.69) is 15.3 Å². The summed E-state index contributed by atoms with van der Waals surface area (Å²) in [5.74, 6) is 1.26. The lowest BCUT2D eigenvalue weighted by Gasteiger charge is -2.19. The molecule has 168 valence electrons. The molecule has 1 aliphatic rings. The lowest BCUT2D eigenvalue weighted by molar-refractivity contribution is -0.140. The van der Waals surface area contributed by atoms with Gasteiger partial charge in [-0.1, -0.05) is 0 Å². The van der Waals surface area contributed by atoms with E-state index in [1.54, 1.807) is 23.1 Å². The van der Waals surface area contributed by atoms with Crippen LogP contribution in [0, 0.1) is 0 Å². The van der Waals surface area contributed by atoms with Gasteiger partial charge < -0.3 is 19.5 Å². The van der Waals surface area contributed by atoms with Crippen LogP contribution >= 0.6 is 23.1 Å². The number of esters is 1. The summed E-state index contributed by atoms with van der Waals surface area (Å²) < 4.78 is 16.7. The van der Waals surface area contributed by atoms with E-state index in [0.29, 0.717) is 26.0 Å². The second-order valence-corrected chi connectivity index (χ2v) is 10.00. The maximum Gasteiger partial charge on any atom is 0.407 e. The molecule has 1 aliphatic heterocycles. The molecule has 0 saturated carbocycles. The SMILES string of the molecule is COC(=O)C[C@H]1CSC(c2nc3ccc(OCCCNC(=O)OC(C)(C)C)cc3s2)=N1. The van der Waals surface area contributed by atoms with Gasteiger partial charge in [-0.05, 0) is 45.4 Å². The van der Waals surface area contributed by atoms with Crippen LogP contribution in [-0.4, -0.2) is 59.7 Å². The predicted octanol–water partition coefficient (Wildman–Crippen LogP) is 4.02. The van der Waals surface area contributed by atoms with Gasteiger partial charge in [0, 0.05) is 12.3 Å². The van der Waals surface area contributed by atoms with E-state index >= 15 is 0 Å². The van der Waals surface area contributed by atoms with Crippen LogP contribution in [0.3, 0.4) is 0 Å². The first-order chi connectivity index (χ1) is 14.7. The Kier molecular flexibility index (Phi) is 7.77. The molecule has 2 aromatic rings. The third kappa shape index (κ3) is 7.10. The number of hydrogen-bond donors (Lipinski definition) is 1. The monoisotopic (exact) mass is 465 g/mol. The number of ether oxygens (including phenoxy) is 3. The number of thioether (sulfide) groups is 1. The second-order valence-electron chi connectivity index (χ2n) is 7.96. The summed E-state index contributed by atoms with van der Waals surface area (Å²) in [6.45, 7) is 6.44. The lowest BCUT2D eigenvalue weighted by atomic mass is 10.2. The summed E-state index contributed by atoms with van der Waals surface area (Å²) >= 11 is 3.17. The molecular formula is C21H27N3O5S2. The first-order valence-electron chi connectivity index (χ1n) is 10.0. The van der Waals surface area contributed by atoms with Crippen molar-refractivity contribution in [2.45, 2.75) is 45.3 Å². The minimum atomic E-state index is -0.506. The molecule has 31 heavy (non-hydrogen) atoms. The van der Waals surface area contributed by atoms with Gasteiger partial charge in [0.25, 0.3) is 0 Å². The molecule has 0 unspecified atom stereocenters. The number of rotatable bonds is 8. The number of benzene rings is 1.